The van der Waals surface area contributed by atoms with Crippen molar-refractivity contribution in [1.29, 1.82) is 0 Å². The first-order valence-corrected chi connectivity index (χ1v) is 8.46. The monoisotopic (exact) mass is 323 g/mol. The van der Waals surface area contributed by atoms with Gasteiger partial charge in [0.25, 0.3) is 0 Å². The maximum Gasteiger partial charge on any atom is 0.107 e. The summed E-state index contributed by atoms with van der Waals surface area (Å²) in [6.45, 7) is 0. The van der Waals surface area contributed by atoms with Gasteiger partial charge in [-0.25, -0.2) is 4.68 Å². The van der Waals surface area contributed by atoms with Gasteiger partial charge in [-0.15, -0.1) is 0 Å². The highest BCUT2D eigenvalue weighted by Crippen LogP contribution is 2.36. The summed E-state index contributed by atoms with van der Waals surface area (Å²) in [5.41, 5.74) is 4.39. The predicted molar refractivity (Wildman–Crippen MR) is 84.2 cm³/mol. The minimum absolute atomic E-state index is 0.687. The highest BCUT2D eigenvalue weighted by molar-refractivity contribution is 8.21. The summed E-state index contributed by atoms with van der Waals surface area (Å²) < 4.78 is 1.90. The van der Waals surface area contributed by atoms with Crippen molar-refractivity contribution in [3.63, 3.8) is 0 Å². The molecule has 1 aliphatic rings. The lowest BCUT2D eigenvalue weighted by atomic mass is 10.2. The summed E-state index contributed by atoms with van der Waals surface area (Å²) in [6.07, 6.45) is 7.36. The van der Waals surface area contributed by atoms with Gasteiger partial charge in [0.15, 0.2) is 0 Å². The highest BCUT2D eigenvalue weighted by Gasteiger charge is 2.19. The quantitative estimate of drug-likeness (QED) is 0.738. The fourth-order valence-electron chi connectivity index (χ4n) is 2.85. The Balaban J connectivity index is 1.97. The third-order valence-corrected chi connectivity index (χ3v) is 5.10. The Morgan fingerprint density at radius 3 is 3.00 bits per heavy atom. The minimum Gasteiger partial charge on any atom is -0.358 e. The van der Waals surface area contributed by atoms with Crippen molar-refractivity contribution in [1.82, 2.24) is 14.8 Å². The predicted octanol–water partition coefficient (Wildman–Crippen LogP) is 4.74. The summed E-state index contributed by atoms with van der Waals surface area (Å²) in [5, 5.41) is 6.44. The number of hydrogen-bond acceptors (Lipinski definition) is 2. The van der Waals surface area contributed by atoms with Crippen LogP contribution in [0.2, 0.25) is 5.02 Å². The SMILES string of the molecule is ClSc1c[nH]c2c(-n3cc4c(n3)CCC4)c(Cl)ccc12. The molecule has 0 unspecified atom stereocenters. The molecule has 0 amide bonds. The van der Waals surface area contributed by atoms with Gasteiger partial charge in [0.1, 0.15) is 5.69 Å². The first-order valence-electron chi connectivity index (χ1n) is 6.44. The van der Waals surface area contributed by atoms with Gasteiger partial charge in [0.05, 0.1) is 16.2 Å². The fourth-order valence-corrected chi connectivity index (χ4v) is 3.83. The van der Waals surface area contributed by atoms with E-state index in [1.54, 1.807) is 0 Å². The second kappa shape index (κ2) is 4.72. The van der Waals surface area contributed by atoms with Crippen LogP contribution in [0.1, 0.15) is 17.7 Å². The molecule has 0 atom stereocenters. The Bertz CT molecular complexity index is 785. The van der Waals surface area contributed by atoms with Crippen LogP contribution in [0, 0.1) is 0 Å². The zero-order valence-corrected chi connectivity index (χ0v) is 12.8. The Morgan fingerprint density at radius 2 is 2.20 bits per heavy atom. The number of aryl methyl sites for hydroxylation is 2. The molecule has 3 aromatic rings. The number of benzene rings is 1. The molecular weight excluding hydrogens is 313 g/mol. The van der Waals surface area contributed by atoms with E-state index in [-0.39, 0.29) is 0 Å². The molecule has 2 heterocycles. The zero-order chi connectivity index (χ0) is 13.7. The average molecular weight is 324 g/mol. The summed E-state index contributed by atoms with van der Waals surface area (Å²) in [6, 6.07) is 3.88. The van der Waals surface area contributed by atoms with Crippen molar-refractivity contribution >= 4 is 44.2 Å². The van der Waals surface area contributed by atoms with E-state index in [4.69, 9.17) is 22.3 Å². The molecule has 0 fully saturated rings. The number of halogens is 2. The molecule has 0 aliphatic heterocycles. The van der Waals surface area contributed by atoms with Crippen LogP contribution >= 0.6 is 33.3 Å². The van der Waals surface area contributed by atoms with Crippen LogP contribution < -0.4 is 0 Å². The van der Waals surface area contributed by atoms with E-state index in [1.807, 2.05) is 23.0 Å². The number of aromatic amines is 1. The van der Waals surface area contributed by atoms with Gasteiger partial charge in [-0.05, 0) is 52.6 Å². The number of aromatic nitrogens is 3. The van der Waals surface area contributed by atoms with E-state index in [0.717, 1.165) is 34.3 Å². The van der Waals surface area contributed by atoms with Crippen molar-refractivity contribution in [3.8, 4) is 5.69 Å². The first kappa shape index (κ1) is 12.6. The molecule has 1 aliphatic carbocycles. The van der Waals surface area contributed by atoms with Gasteiger partial charge in [0.2, 0.25) is 0 Å². The Morgan fingerprint density at radius 1 is 1.30 bits per heavy atom. The van der Waals surface area contributed by atoms with E-state index in [2.05, 4.69) is 16.3 Å². The van der Waals surface area contributed by atoms with Crippen LogP contribution in [-0.4, -0.2) is 14.8 Å². The number of hydrogen-bond donors (Lipinski definition) is 1. The highest BCUT2D eigenvalue weighted by atomic mass is 35.7. The summed E-state index contributed by atoms with van der Waals surface area (Å²) >= 11 is 6.39. The van der Waals surface area contributed by atoms with Crippen molar-refractivity contribution in [2.75, 3.05) is 0 Å². The number of H-pyrrole nitrogens is 1. The van der Waals surface area contributed by atoms with Gasteiger partial charge in [-0.2, -0.15) is 5.10 Å². The van der Waals surface area contributed by atoms with Crippen molar-refractivity contribution in [2.24, 2.45) is 0 Å². The van der Waals surface area contributed by atoms with Crippen molar-refractivity contribution in [2.45, 2.75) is 24.2 Å². The van der Waals surface area contributed by atoms with Crippen LogP contribution in [0.4, 0.5) is 0 Å². The standard InChI is InChI=1S/C14H11Cl2N3S/c15-10-5-4-9-12(20-16)6-17-13(9)14(10)19-7-8-2-1-3-11(8)18-19/h4-7,17H,1-3H2. The van der Waals surface area contributed by atoms with E-state index < -0.39 is 0 Å². The lowest BCUT2D eigenvalue weighted by Crippen LogP contribution is -1.98. The van der Waals surface area contributed by atoms with Gasteiger partial charge in [0, 0.05) is 22.7 Å². The van der Waals surface area contributed by atoms with Crippen LogP contribution in [-0.2, 0) is 12.8 Å². The molecule has 2 aromatic heterocycles. The van der Waals surface area contributed by atoms with Crippen LogP contribution in [0.3, 0.4) is 0 Å². The molecule has 0 radical (unpaired) electrons. The number of fused-ring (bicyclic) bond motifs is 2. The Kier molecular flexibility index (Phi) is 2.98. The molecule has 0 bridgehead atoms. The molecule has 20 heavy (non-hydrogen) atoms. The van der Waals surface area contributed by atoms with E-state index in [9.17, 15) is 0 Å². The summed E-state index contributed by atoms with van der Waals surface area (Å²) in [5.74, 6) is 0. The Hall–Kier alpha value is -1.10. The number of nitrogens with zero attached hydrogens (tertiary/aromatic N) is 2. The normalized spacial score (nSPS) is 14.1. The third kappa shape index (κ3) is 1.79. The molecule has 0 saturated carbocycles. The second-order valence-electron chi connectivity index (χ2n) is 4.95. The third-order valence-electron chi connectivity index (χ3n) is 3.79. The van der Waals surface area contributed by atoms with Crippen LogP contribution in [0.15, 0.2) is 29.4 Å². The zero-order valence-electron chi connectivity index (χ0n) is 10.5. The molecule has 102 valence electrons. The number of rotatable bonds is 2. The van der Waals surface area contributed by atoms with Crippen molar-refractivity contribution in [3.05, 3.63) is 40.8 Å². The summed E-state index contributed by atoms with van der Waals surface area (Å²) in [7, 11) is 7.09. The maximum atomic E-state index is 6.39. The molecule has 0 saturated heterocycles. The van der Waals surface area contributed by atoms with Crippen LogP contribution in [0.25, 0.3) is 16.6 Å². The molecule has 4 rings (SSSR count). The van der Waals surface area contributed by atoms with Gasteiger partial charge in [-0.1, -0.05) is 17.7 Å². The first-order chi connectivity index (χ1) is 9.78. The summed E-state index contributed by atoms with van der Waals surface area (Å²) in [4.78, 5) is 4.26. The number of nitrogens with one attached hydrogen (secondary N) is 1. The topological polar surface area (TPSA) is 33.6 Å². The fraction of sp³-hybridized carbons (Fsp3) is 0.214. The van der Waals surface area contributed by atoms with Gasteiger partial charge < -0.3 is 4.98 Å². The smallest absolute Gasteiger partial charge is 0.107 e. The van der Waals surface area contributed by atoms with E-state index in [0.29, 0.717) is 5.02 Å². The lowest BCUT2D eigenvalue weighted by molar-refractivity contribution is 0.803. The van der Waals surface area contributed by atoms with E-state index >= 15 is 0 Å². The Labute approximate surface area is 129 Å². The molecule has 0 spiro atoms. The minimum atomic E-state index is 0.687. The average Bonchev–Trinajstić information content (AvgIpc) is 3.10. The molecule has 1 N–H and O–H groups in total. The van der Waals surface area contributed by atoms with Crippen molar-refractivity contribution < 1.29 is 0 Å². The van der Waals surface area contributed by atoms with E-state index in [1.165, 1.54) is 28.7 Å². The lowest BCUT2D eigenvalue weighted by Gasteiger charge is -2.07. The molecule has 6 heteroatoms. The maximum absolute atomic E-state index is 6.39. The van der Waals surface area contributed by atoms with Crippen LogP contribution in [0.5, 0.6) is 0 Å². The second-order valence-corrected chi connectivity index (χ2v) is 6.41. The van der Waals surface area contributed by atoms with Gasteiger partial charge in [-0.3, -0.25) is 0 Å². The molecule has 1 aromatic carbocycles. The molecular formula is C14H11Cl2N3S. The largest absolute Gasteiger partial charge is 0.358 e. The van der Waals surface area contributed by atoms with Gasteiger partial charge >= 0.3 is 0 Å². The molecule has 3 nitrogen and oxygen atoms in total.